The molecule has 96 valence electrons. The van der Waals surface area contributed by atoms with Crippen LogP contribution < -0.4 is 5.32 Å². The highest BCUT2D eigenvalue weighted by molar-refractivity contribution is 9.13. The van der Waals surface area contributed by atoms with Gasteiger partial charge in [0.15, 0.2) is 0 Å². The van der Waals surface area contributed by atoms with Gasteiger partial charge < -0.3 is 5.32 Å². The number of hydrogen-bond acceptors (Lipinski definition) is 2. The molecule has 1 saturated carbocycles. The smallest absolute Gasteiger partial charge is 0.0843 e. The van der Waals surface area contributed by atoms with E-state index in [-0.39, 0.29) is 0 Å². The van der Waals surface area contributed by atoms with Crippen molar-refractivity contribution in [3.05, 3.63) is 19.2 Å². The molecule has 1 fully saturated rings. The maximum Gasteiger partial charge on any atom is 0.0843 e. The van der Waals surface area contributed by atoms with Crippen LogP contribution in [-0.4, -0.2) is 6.04 Å². The van der Waals surface area contributed by atoms with Crippen molar-refractivity contribution < 1.29 is 0 Å². The van der Waals surface area contributed by atoms with E-state index in [0.29, 0.717) is 6.04 Å². The van der Waals surface area contributed by atoms with Gasteiger partial charge in [-0.3, -0.25) is 0 Å². The van der Waals surface area contributed by atoms with E-state index in [1.54, 1.807) is 0 Å². The van der Waals surface area contributed by atoms with Crippen molar-refractivity contribution in [3.8, 4) is 0 Å². The van der Waals surface area contributed by atoms with Crippen LogP contribution in [0.2, 0.25) is 0 Å². The Balaban J connectivity index is 1.85. The van der Waals surface area contributed by atoms with E-state index in [1.165, 1.54) is 32.4 Å². The molecule has 0 bridgehead atoms. The highest BCUT2D eigenvalue weighted by atomic mass is 79.9. The van der Waals surface area contributed by atoms with Gasteiger partial charge in [0, 0.05) is 21.9 Å². The Morgan fingerprint density at radius 2 is 2.12 bits per heavy atom. The molecule has 1 aromatic rings. The zero-order valence-electron chi connectivity index (χ0n) is 10.3. The second-order valence-corrected chi connectivity index (χ2v) is 8.53. The van der Waals surface area contributed by atoms with Crippen molar-refractivity contribution >= 4 is 43.2 Å². The molecular formula is C13H19Br2NS. The molecule has 0 aromatic carbocycles. The van der Waals surface area contributed by atoms with Gasteiger partial charge in [-0.25, -0.2) is 0 Å². The van der Waals surface area contributed by atoms with Gasteiger partial charge in [-0.1, -0.05) is 13.8 Å². The average Bonchev–Trinajstić information content (AvgIpc) is 2.57. The van der Waals surface area contributed by atoms with Gasteiger partial charge in [0.2, 0.25) is 0 Å². The van der Waals surface area contributed by atoms with E-state index in [9.17, 15) is 0 Å². The van der Waals surface area contributed by atoms with Crippen LogP contribution in [0, 0.1) is 11.8 Å². The fourth-order valence-electron chi connectivity index (χ4n) is 2.68. The first-order chi connectivity index (χ1) is 8.06. The van der Waals surface area contributed by atoms with Gasteiger partial charge in [-0.15, -0.1) is 11.3 Å². The van der Waals surface area contributed by atoms with Crippen molar-refractivity contribution in [2.75, 3.05) is 0 Å². The lowest BCUT2D eigenvalue weighted by molar-refractivity contribution is 0.227. The van der Waals surface area contributed by atoms with E-state index in [2.05, 4.69) is 57.1 Å². The molecule has 1 heterocycles. The van der Waals surface area contributed by atoms with Gasteiger partial charge in [-0.05, 0) is 69.0 Å². The predicted molar refractivity (Wildman–Crippen MR) is 82.5 cm³/mol. The molecule has 1 nitrogen and oxygen atoms in total. The molecule has 0 amide bonds. The molecule has 2 rings (SSSR count). The second kappa shape index (κ2) is 6.18. The third-order valence-corrected chi connectivity index (χ3v) is 6.92. The number of halogens is 2. The van der Waals surface area contributed by atoms with Crippen molar-refractivity contribution in [2.45, 2.75) is 45.7 Å². The number of thiophene rings is 1. The number of hydrogen-bond donors (Lipinski definition) is 1. The van der Waals surface area contributed by atoms with Gasteiger partial charge in [-0.2, -0.15) is 0 Å². The summed E-state index contributed by atoms with van der Waals surface area (Å²) in [6.07, 6.45) is 4.07. The fourth-order valence-corrected chi connectivity index (χ4v) is 4.81. The van der Waals surface area contributed by atoms with Gasteiger partial charge in [0.25, 0.3) is 0 Å². The van der Waals surface area contributed by atoms with Crippen molar-refractivity contribution in [1.29, 1.82) is 0 Å². The summed E-state index contributed by atoms with van der Waals surface area (Å²) in [5.41, 5.74) is 0. The quantitative estimate of drug-likeness (QED) is 0.760. The summed E-state index contributed by atoms with van der Waals surface area (Å²) in [6.45, 7) is 5.76. The first kappa shape index (κ1) is 14.0. The third kappa shape index (κ3) is 3.79. The highest BCUT2D eigenvalue weighted by Gasteiger charge is 2.24. The molecular weight excluding hydrogens is 362 g/mol. The van der Waals surface area contributed by atoms with E-state index in [4.69, 9.17) is 0 Å². The Morgan fingerprint density at radius 1 is 1.35 bits per heavy atom. The lowest BCUT2D eigenvalue weighted by Crippen LogP contribution is -2.38. The van der Waals surface area contributed by atoms with E-state index in [1.807, 2.05) is 11.3 Å². The first-order valence-corrected chi connectivity index (χ1v) is 8.63. The average molecular weight is 381 g/mol. The minimum atomic E-state index is 0.700. The first-order valence-electron chi connectivity index (χ1n) is 6.23. The lowest BCUT2D eigenvalue weighted by atomic mass is 9.80. The molecule has 3 atom stereocenters. The minimum Gasteiger partial charge on any atom is -0.309 e. The summed E-state index contributed by atoms with van der Waals surface area (Å²) in [7, 11) is 0. The Bertz CT molecular complexity index is 358. The van der Waals surface area contributed by atoms with Crippen LogP contribution in [0.4, 0.5) is 0 Å². The van der Waals surface area contributed by atoms with E-state index < -0.39 is 0 Å². The summed E-state index contributed by atoms with van der Waals surface area (Å²) in [5.74, 6) is 1.72. The molecule has 17 heavy (non-hydrogen) atoms. The Morgan fingerprint density at radius 3 is 2.71 bits per heavy atom. The maximum atomic E-state index is 3.72. The monoisotopic (exact) mass is 379 g/mol. The van der Waals surface area contributed by atoms with E-state index >= 15 is 0 Å². The van der Waals surface area contributed by atoms with Crippen LogP contribution >= 0.6 is 43.2 Å². The Kier molecular flexibility index (Phi) is 5.10. The topological polar surface area (TPSA) is 12.0 Å². The summed E-state index contributed by atoms with van der Waals surface area (Å²) < 4.78 is 2.37. The predicted octanol–water partition coefficient (Wildman–Crippen LogP) is 5.19. The largest absolute Gasteiger partial charge is 0.309 e. The summed E-state index contributed by atoms with van der Waals surface area (Å²) >= 11 is 8.90. The highest BCUT2D eigenvalue weighted by Crippen LogP contribution is 2.33. The zero-order chi connectivity index (χ0) is 12.4. The fraction of sp³-hybridized carbons (Fsp3) is 0.692. The summed E-state index contributed by atoms with van der Waals surface area (Å²) in [4.78, 5) is 1.40. The minimum absolute atomic E-state index is 0.700. The zero-order valence-corrected chi connectivity index (χ0v) is 14.3. The van der Waals surface area contributed by atoms with Crippen molar-refractivity contribution in [1.82, 2.24) is 5.32 Å². The Labute approximate surface area is 125 Å². The molecule has 4 heteroatoms. The van der Waals surface area contributed by atoms with Gasteiger partial charge in [0.1, 0.15) is 0 Å². The third-order valence-electron chi connectivity index (χ3n) is 3.67. The van der Waals surface area contributed by atoms with Crippen molar-refractivity contribution in [3.63, 3.8) is 0 Å². The van der Waals surface area contributed by atoms with Crippen molar-refractivity contribution in [2.24, 2.45) is 11.8 Å². The molecule has 1 aromatic heterocycles. The Hall–Kier alpha value is 0.620. The van der Waals surface area contributed by atoms with Gasteiger partial charge >= 0.3 is 0 Å². The molecule has 1 aliphatic rings. The normalized spacial score (nSPS) is 29.5. The molecule has 0 spiro atoms. The lowest BCUT2D eigenvalue weighted by Gasteiger charge is -2.33. The number of nitrogens with one attached hydrogen (secondary N) is 1. The standard InChI is InChI=1S/C13H19Br2NS/c1-8-3-4-12(9(2)5-8)16-7-10-6-11(14)13(15)17-10/h6,8-9,12,16H,3-5,7H2,1-2H3. The molecule has 0 radical (unpaired) electrons. The van der Waals surface area contributed by atoms with Crippen LogP contribution in [-0.2, 0) is 6.54 Å². The SMILES string of the molecule is CC1CCC(NCc2cc(Br)c(Br)s2)C(C)C1. The van der Waals surface area contributed by atoms with Crippen LogP contribution in [0.25, 0.3) is 0 Å². The molecule has 1 aliphatic carbocycles. The summed E-state index contributed by atoms with van der Waals surface area (Å²) in [6, 6.07) is 2.91. The van der Waals surface area contributed by atoms with E-state index in [0.717, 1.165) is 18.4 Å². The van der Waals surface area contributed by atoms with Crippen LogP contribution in [0.5, 0.6) is 0 Å². The number of rotatable bonds is 3. The van der Waals surface area contributed by atoms with Crippen LogP contribution in [0.15, 0.2) is 14.3 Å². The van der Waals surface area contributed by atoms with Gasteiger partial charge in [0.05, 0.1) is 3.79 Å². The molecule has 3 unspecified atom stereocenters. The maximum absolute atomic E-state index is 3.72. The molecule has 0 aliphatic heterocycles. The molecule has 1 N–H and O–H groups in total. The second-order valence-electron chi connectivity index (χ2n) is 5.22. The summed E-state index contributed by atoms with van der Waals surface area (Å²) in [5, 5.41) is 3.72. The molecule has 0 saturated heterocycles. The van der Waals surface area contributed by atoms with Crippen LogP contribution in [0.1, 0.15) is 38.0 Å². The van der Waals surface area contributed by atoms with Crippen LogP contribution in [0.3, 0.4) is 0 Å².